The van der Waals surface area contributed by atoms with Crippen molar-refractivity contribution in [2.24, 2.45) is 0 Å². The number of hydrogen-bond acceptors (Lipinski definition) is 4. The monoisotopic (exact) mass is 343 g/mol. The smallest absolute Gasteiger partial charge is 0.243 e. The van der Waals surface area contributed by atoms with Crippen molar-refractivity contribution in [2.45, 2.75) is 26.4 Å². The van der Waals surface area contributed by atoms with Crippen molar-refractivity contribution < 1.29 is 14.0 Å². The number of anilines is 1. The van der Waals surface area contributed by atoms with Gasteiger partial charge in [0.1, 0.15) is 5.76 Å². The zero-order chi connectivity index (χ0) is 18.4. The van der Waals surface area contributed by atoms with Crippen molar-refractivity contribution in [1.29, 1.82) is 0 Å². The summed E-state index contributed by atoms with van der Waals surface area (Å²) in [6.45, 7) is 4.34. The van der Waals surface area contributed by atoms with Gasteiger partial charge in [-0.25, -0.2) is 0 Å². The molecule has 1 N–H and O–H groups in total. The quantitative estimate of drug-likeness (QED) is 0.839. The molecule has 6 heteroatoms. The van der Waals surface area contributed by atoms with Gasteiger partial charge in [0.25, 0.3) is 0 Å². The van der Waals surface area contributed by atoms with E-state index in [1.54, 1.807) is 13.3 Å². The van der Waals surface area contributed by atoms with E-state index in [4.69, 9.17) is 4.42 Å². The van der Waals surface area contributed by atoms with Gasteiger partial charge in [-0.15, -0.1) is 0 Å². The van der Waals surface area contributed by atoms with Crippen LogP contribution in [0.5, 0.6) is 0 Å². The van der Waals surface area contributed by atoms with Crippen LogP contribution in [0.1, 0.15) is 18.2 Å². The van der Waals surface area contributed by atoms with Crippen molar-refractivity contribution in [2.75, 3.05) is 26.0 Å². The van der Waals surface area contributed by atoms with Crippen LogP contribution >= 0.6 is 0 Å². The first kappa shape index (κ1) is 18.7. The van der Waals surface area contributed by atoms with Gasteiger partial charge in [0, 0.05) is 12.7 Å². The number of amides is 2. The van der Waals surface area contributed by atoms with E-state index < -0.39 is 0 Å². The summed E-state index contributed by atoms with van der Waals surface area (Å²) in [5.41, 5.74) is 1.85. The maximum absolute atomic E-state index is 12.5. The summed E-state index contributed by atoms with van der Waals surface area (Å²) in [5.74, 6) is 0.454. The lowest BCUT2D eigenvalue weighted by atomic mass is 10.2. The molecule has 2 amide bonds. The van der Waals surface area contributed by atoms with Crippen LogP contribution in [0.15, 0.2) is 47.1 Å². The first-order chi connectivity index (χ1) is 11.9. The molecule has 0 unspecified atom stereocenters. The summed E-state index contributed by atoms with van der Waals surface area (Å²) >= 11 is 0. The molecule has 0 aliphatic rings. The van der Waals surface area contributed by atoms with Crippen LogP contribution in [0.2, 0.25) is 0 Å². The minimum Gasteiger partial charge on any atom is -0.468 e. The van der Waals surface area contributed by atoms with E-state index >= 15 is 0 Å². The Balaban J connectivity index is 1.85. The Labute approximate surface area is 148 Å². The second-order valence-corrected chi connectivity index (χ2v) is 6.28. The fraction of sp³-hybridized carbons (Fsp3) is 0.368. The highest BCUT2D eigenvalue weighted by atomic mass is 16.3. The molecule has 0 aliphatic heterocycles. The molecule has 2 aromatic rings. The molecule has 1 aromatic carbocycles. The van der Waals surface area contributed by atoms with Gasteiger partial charge in [-0.2, -0.15) is 0 Å². The van der Waals surface area contributed by atoms with Gasteiger partial charge in [0.2, 0.25) is 11.8 Å². The fourth-order valence-electron chi connectivity index (χ4n) is 2.42. The zero-order valence-corrected chi connectivity index (χ0v) is 15.2. The van der Waals surface area contributed by atoms with Crippen molar-refractivity contribution in [3.8, 4) is 0 Å². The molecule has 1 aromatic heterocycles. The lowest BCUT2D eigenvalue weighted by molar-refractivity contribution is -0.137. The Morgan fingerprint density at radius 3 is 2.44 bits per heavy atom. The lowest BCUT2D eigenvalue weighted by Crippen LogP contribution is -2.46. The summed E-state index contributed by atoms with van der Waals surface area (Å²) in [7, 11) is 3.49. The highest BCUT2D eigenvalue weighted by Gasteiger charge is 2.23. The average molecular weight is 343 g/mol. The maximum atomic E-state index is 12.5. The van der Waals surface area contributed by atoms with Crippen LogP contribution in [0.25, 0.3) is 0 Å². The van der Waals surface area contributed by atoms with Crippen molar-refractivity contribution in [3.05, 3.63) is 54.0 Å². The topological polar surface area (TPSA) is 65.8 Å². The Bertz CT molecular complexity index is 695. The van der Waals surface area contributed by atoms with E-state index in [1.165, 1.54) is 4.90 Å². The molecule has 0 fully saturated rings. The Hall–Kier alpha value is -2.60. The SMILES string of the molecule is Cc1ccc(NC(=O)CN(C)C(=O)[C@H](C)N(C)Cc2ccco2)cc1. The summed E-state index contributed by atoms with van der Waals surface area (Å²) in [5, 5.41) is 2.80. The summed E-state index contributed by atoms with van der Waals surface area (Å²) in [6, 6.07) is 10.9. The zero-order valence-electron chi connectivity index (χ0n) is 15.2. The minimum atomic E-state index is -0.359. The molecule has 0 aliphatic carbocycles. The van der Waals surface area contributed by atoms with E-state index in [2.05, 4.69) is 5.32 Å². The van der Waals surface area contributed by atoms with Gasteiger partial charge in [-0.05, 0) is 45.2 Å². The average Bonchev–Trinajstić information content (AvgIpc) is 3.08. The number of carbonyl (C=O) groups excluding carboxylic acids is 2. The van der Waals surface area contributed by atoms with Gasteiger partial charge < -0.3 is 14.6 Å². The Morgan fingerprint density at radius 2 is 1.84 bits per heavy atom. The number of carbonyl (C=O) groups is 2. The van der Waals surface area contributed by atoms with Gasteiger partial charge in [0.05, 0.1) is 25.4 Å². The number of nitrogens with zero attached hydrogens (tertiary/aromatic N) is 2. The van der Waals surface area contributed by atoms with Crippen LogP contribution in [0.4, 0.5) is 5.69 Å². The van der Waals surface area contributed by atoms with Gasteiger partial charge >= 0.3 is 0 Å². The number of benzene rings is 1. The third-order valence-corrected chi connectivity index (χ3v) is 4.10. The van der Waals surface area contributed by atoms with Gasteiger partial charge in [-0.3, -0.25) is 14.5 Å². The van der Waals surface area contributed by atoms with Crippen LogP contribution in [-0.4, -0.2) is 48.3 Å². The first-order valence-corrected chi connectivity index (χ1v) is 8.21. The van der Waals surface area contributed by atoms with E-state index in [0.29, 0.717) is 6.54 Å². The standard InChI is InChI=1S/C19H25N3O3/c1-14-7-9-16(10-8-14)20-18(23)13-22(4)19(24)15(2)21(3)12-17-6-5-11-25-17/h5-11,15H,12-13H2,1-4H3,(H,20,23)/t15-/m0/s1. The highest BCUT2D eigenvalue weighted by molar-refractivity contribution is 5.95. The molecule has 1 atom stereocenters. The predicted octanol–water partition coefficient (Wildman–Crippen LogP) is 2.51. The molecule has 0 saturated carbocycles. The van der Waals surface area contributed by atoms with Crippen molar-refractivity contribution >= 4 is 17.5 Å². The van der Waals surface area contributed by atoms with Gasteiger partial charge in [0.15, 0.2) is 0 Å². The minimum absolute atomic E-state index is 0.00560. The molecule has 2 rings (SSSR count). The molecule has 0 radical (unpaired) electrons. The Kier molecular flexibility index (Phi) is 6.36. The summed E-state index contributed by atoms with van der Waals surface area (Å²) in [6.07, 6.45) is 1.61. The number of likely N-dealkylation sites (N-methyl/N-ethyl adjacent to an activating group) is 2. The maximum Gasteiger partial charge on any atom is 0.243 e. The van der Waals surface area contributed by atoms with E-state index in [9.17, 15) is 9.59 Å². The third kappa shape index (κ3) is 5.46. The van der Waals surface area contributed by atoms with Crippen LogP contribution < -0.4 is 5.32 Å². The number of nitrogens with one attached hydrogen (secondary N) is 1. The second kappa shape index (κ2) is 8.48. The summed E-state index contributed by atoms with van der Waals surface area (Å²) in [4.78, 5) is 28.0. The largest absolute Gasteiger partial charge is 0.468 e. The molecule has 0 bridgehead atoms. The molecular formula is C19H25N3O3. The molecule has 134 valence electrons. The Morgan fingerprint density at radius 1 is 1.16 bits per heavy atom. The van der Waals surface area contributed by atoms with Crippen LogP contribution in [0.3, 0.4) is 0 Å². The number of hydrogen-bond donors (Lipinski definition) is 1. The van der Waals surface area contributed by atoms with Crippen molar-refractivity contribution in [3.63, 3.8) is 0 Å². The normalized spacial score (nSPS) is 12.0. The molecule has 1 heterocycles. The highest BCUT2D eigenvalue weighted by Crippen LogP contribution is 2.10. The molecule has 6 nitrogen and oxygen atoms in total. The van der Waals surface area contributed by atoms with E-state index in [1.807, 2.05) is 62.2 Å². The molecule has 0 saturated heterocycles. The lowest BCUT2D eigenvalue weighted by Gasteiger charge is -2.27. The van der Waals surface area contributed by atoms with Crippen molar-refractivity contribution in [1.82, 2.24) is 9.80 Å². The van der Waals surface area contributed by atoms with Gasteiger partial charge in [-0.1, -0.05) is 17.7 Å². The predicted molar refractivity (Wildman–Crippen MR) is 97.1 cm³/mol. The second-order valence-electron chi connectivity index (χ2n) is 6.28. The third-order valence-electron chi connectivity index (χ3n) is 4.10. The van der Waals surface area contributed by atoms with E-state index in [-0.39, 0.29) is 24.4 Å². The molecular weight excluding hydrogens is 318 g/mol. The summed E-state index contributed by atoms with van der Waals surface area (Å²) < 4.78 is 5.30. The number of rotatable bonds is 7. The number of aryl methyl sites for hydroxylation is 1. The first-order valence-electron chi connectivity index (χ1n) is 8.21. The number of furan rings is 1. The van der Waals surface area contributed by atoms with Crippen LogP contribution in [0, 0.1) is 6.92 Å². The molecule has 25 heavy (non-hydrogen) atoms. The fourth-order valence-corrected chi connectivity index (χ4v) is 2.42. The van der Waals surface area contributed by atoms with E-state index in [0.717, 1.165) is 17.0 Å². The van der Waals surface area contributed by atoms with Crippen LogP contribution in [-0.2, 0) is 16.1 Å². The molecule has 0 spiro atoms.